The predicted octanol–water partition coefficient (Wildman–Crippen LogP) is 7.53. The summed E-state index contributed by atoms with van der Waals surface area (Å²) in [6.07, 6.45) is 1.59. The first-order valence-electron chi connectivity index (χ1n) is 9.00. The van der Waals surface area contributed by atoms with Crippen LogP contribution in [-0.2, 0) is 0 Å². The summed E-state index contributed by atoms with van der Waals surface area (Å²) in [6.45, 7) is 2.30. The largest absolute Gasteiger partial charge is 0.504 e. The third-order valence-corrected chi connectivity index (χ3v) is 6.55. The lowest BCUT2D eigenvalue weighted by Gasteiger charge is -2.11. The Morgan fingerprint density at radius 3 is 2.67 bits per heavy atom. The van der Waals surface area contributed by atoms with Gasteiger partial charge in [-0.25, -0.2) is 4.98 Å². The van der Waals surface area contributed by atoms with E-state index in [1.54, 1.807) is 30.5 Å². The zero-order chi connectivity index (χ0) is 21.3. The third-order valence-electron chi connectivity index (χ3n) is 4.30. The number of phenols is 1. The summed E-state index contributed by atoms with van der Waals surface area (Å²) in [5.41, 5.74) is 3.44. The molecule has 1 heterocycles. The second-order valence-corrected chi connectivity index (χ2v) is 8.39. The zero-order valence-corrected chi connectivity index (χ0v) is 19.6. The topological polar surface area (TPSA) is 67.9 Å². The summed E-state index contributed by atoms with van der Waals surface area (Å²) in [4.78, 5) is 8.95. The van der Waals surface area contributed by atoms with Gasteiger partial charge >= 0.3 is 0 Å². The minimum Gasteiger partial charge on any atom is -0.504 e. The van der Waals surface area contributed by atoms with Crippen molar-refractivity contribution in [1.29, 1.82) is 0 Å². The van der Waals surface area contributed by atoms with E-state index >= 15 is 0 Å². The highest BCUT2D eigenvalue weighted by Gasteiger charge is 2.15. The number of rotatable bonds is 5. The van der Waals surface area contributed by atoms with Crippen LogP contribution in [0.4, 0.5) is 5.69 Å². The van der Waals surface area contributed by atoms with E-state index in [4.69, 9.17) is 20.8 Å². The van der Waals surface area contributed by atoms with Crippen LogP contribution in [0.5, 0.6) is 11.5 Å². The van der Waals surface area contributed by atoms with Gasteiger partial charge in [-0.05, 0) is 87.3 Å². The molecule has 0 radical (unpaired) electrons. The minimum atomic E-state index is 0.0254. The number of phenolic OH excluding ortho intramolecular Hbond substituents is 1. The molecule has 0 amide bonds. The summed E-state index contributed by atoms with van der Waals surface area (Å²) >= 11 is 12.9. The van der Waals surface area contributed by atoms with E-state index in [1.807, 2.05) is 31.2 Å². The monoisotopic (exact) mass is 548 g/mol. The minimum absolute atomic E-state index is 0.0254. The van der Waals surface area contributed by atoms with E-state index in [2.05, 4.69) is 41.8 Å². The summed E-state index contributed by atoms with van der Waals surface area (Å²) in [6, 6.07) is 14.5. The van der Waals surface area contributed by atoms with Gasteiger partial charge in [0.2, 0.25) is 5.89 Å². The molecule has 8 heteroatoms. The smallest absolute Gasteiger partial charge is 0.227 e. The van der Waals surface area contributed by atoms with Gasteiger partial charge in [0.1, 0.15) is 5.52 Å². The molecule has 0 aliphatic carbocycles. The molecule has 0 aliphatic heterocycles. The first-order valence-corrected chi connectivity index (χ1v) is 11.0. The van der Waals surface area contributed by atoms with Crippen molar-refractivity contribution in [3.05, 3.63) is 68.1 Å². The number of aromatic hydroxyl groups is 1. The molecule has 5 nitrogen and oxygen atoms in total. The average Bonchev–Trinajstić information content (AvgIpc) is 3.15. The van der Waals surface area contributed by atoms with Crippen LogP contribution in [0.2, 0.25) is 5.02 Å². The summed E-state index contributed by atoms with van der Waals surface area (Å²) in [7, 11) is 0. The fraction of sp³-hybridized carbons (Fsp3) is 0.0909. The number of benzene rings is 3. The van der Waals surface area contributed by atoms with Gasteiger partial charge in [-0.1, -0.05) is 11.6 Å². The quantitative estimate of drug-likeness (QED) is 0.261. The Hall–Kier alpha value is -2.35. The van der Waals surface area contributed by atoms with Crippen molar-refractivity contribution in [1.82, 2.24) is 4.98 Å². The number of aliphatic imine (C=N–C) groups is 1. The van der Waals surface area contributed by atoms with E-state index in [-0.39, 0.29) is 5.75 Å². The van der Waals surface area contributed by atoms with Crippen molar-refractivity contribution < 1.29 is 14.3 Å². The van der Waals surface area contributed by atoms with Crippen molar-refractivity contribution in [3.8, 4) is 23.0 Å². The lowest BCUT2D eigenvalue weighted by atomic mass is 10.2. The molecule has 0 spiro atoms. The molecule has 0 aliphatic rings. The van der Waals surface area contributed by atoms with Crippen LogP contribution in [0.1, 0.15) is 12.5 Å². The van der Waals surface area contributed by atoms with Crippen molar-refractivity contribution in [2.75, 3.05) is 6.61 Å². The van der Waals surface area contributed by atoms with E-state index in [1.165, 1.54) is 0 Å². The van der Waals surface area contributed by atoms with Crippen LogP contribution in [-0.4, -0.2) is 22.9 Å². The molecule has 3 aromatic carbocycles. The molecule has 0 atom stereocenters. The van der Waals surface area contributed by atoms with E-state index < -0.39 is 0 Å². The van der Waals surface area contributed by atoms with Gasteiger partial charge in [-0.15, -0.1) is 0 Å². The normalized spacial score (nSPS) is 11.5. The lowest BCUT2D eigenvalue weighted by Crippen LogP contribution is -1.95. The number of nitrogens with zero attached hydrogens (tertiary/aromatic N) is 2. The molecule has 0 bridgehead atoms. The lowest BCUT2D eigenvalue weighted by molar-refractivity contribution is 0.317. The number of aromatic nitrogens is 1. The maximum atomic E-state index is 10.5. The number of halogens is 3. The van der Waals surface area contributed by atoms with E-state index in [0.29, 0.717) is 50.1 Å². The van der Waals surface area contributed by atoms with Crippen LogP contribution in [0, 0.1) is 0 Å². The van der Waals surface area contributed by atoms with Crippen molar-refractivity contribution in [2.24, 2.45) is 4.99 Å². The van der Waals surface area contributed by atoms with Gasteiger partial charge in [-0.2, -0.15) is 0 Å². The highest BCUT2D eigenvalue weighted by atomic mass is 79.9. The highest BCUT2D eigenvalue weighted by molar-refractivity contribution is 9.13. The maximum absolute atomic E-state index is 10.5. The molecule has 30 heavy (non-hydrogen) atoms. The van der Waals surface area contributed by atoms with Crippen LogP contribution in [0.15, 0.2) is 66.9 Å². The van der Waals surface area contributed by atoms with Crippen LogP contribution in [0.3, 0.4) is 0 Å². The van der Waals surface area contributed by atoms with Gasteiger partial charge in [0.05, 0.1) is 17.9 Å². The van der Waals surface area contributed by atoms with Crippen molar-refractivity contribution in [2.45, 2.75) is 6.92 Å². The van der Waals surface area contributed by atoms with Gasteiger partial charge in [0.15, 0.2) is 17.1 Å². The van der Waals surface area contributed by atoms with Gasteiger partial charge < -0.3 is 14.3 Å². The van der Waals surface area contributed by atoms with Gasteiger partial charge in [0.25, 0.3) is 0 Å². The number of hydrogen-bond acceptors (Lipinski definition) is 5. The first-order chi connectivity index (χ1) is 14.5. The Kier molecular flexibility index (Phi) is 6.13. The Labute approximate surface area is 194 Å². The molecule has 4 rings (SSSR count). The SMILES string of the molecule is CCOc1cc(Br)c(Br)c(C=Nc2ccc(-c3nc4cc(Cl)ccc4o3)cc2)c1O. The number of fused-ring (bicyclic) bond motifs is 1. The molecule has 0 saturated heterocycles. The summed E-state index contributed by atoms with van der Waals surface area (Å²) < 4.78 is 12.7. The first kappa shape index (κ1) is 20.9. The number of oxazole rings is 1. The zero-order valence-electron chi connectivity index (χ0n) is 15.7. The molecule has 1 N–H and O–H groups in total. The molecule has 0 unspecified atom stereocenters. The highest BCUT2D eigenvalue weighted by Crippen LogP contribution is 2.40. The maximum Gasteiger partial charge on any atom is 0.227 e. The van der Waals surface area contributed by atoms with Gasteiger partial charge in [0, 0.05) is 25.7 Å². The van der Waals surface area contributed by atoms with E-state index in [9.17, 15) is 5.11 Å². The Morgan fingerprint density at radius 1 is 1.17 bits per heavy atom. The Morgan fingerprint density at radius 2 is 1.93 bits per heavy atom. The Balaban J connectivity index is 1.61. The van der Waals surface area contributed by atoms with Crippen LogP contribution in [0.25, 0.3) is 22.6 Å². The second kappa shape index (κ2) is 8.79. The van der Waals surface area contributed by atoms with E-state index in [0.717, 1.165) is 10.0 Å². The van der Waals surface area contributed by atoms with Crippen LogP contribution >= 0.6 is 43.5 Å². The van der Waals surface area contributed by atoms with Crippen molar-refractivity contribution in [3.63, 3.8) is 0 Å². The number of hydrogen-bond donors (Lipinski definition) is 1. The predicted molar refractivity (Wildman–Crippen MR) is 126 cm³/mol. The molecule has 0 saturated carbocycles. The summed E-state index contributed by atoms with van der Waals surface area (Å²) in [5, 5.41) is 11.1. The molecule has 1 aromatic heterocycles. The number of ether oxygens (including phenoxy) is 1. The van der Waals surface area contributed by atoms with Crippen molar-refractivity contribution >= 4 is 66.5 Å². The third kappa shape index (κ3) is 4.24. The fourth-order valence-corrected chi connectivity index (χ4v) is 3.84. The molecular weight excluding hydrogens is 536 g/mol. The Bertz CT molecular complexity index is 1250. The molecular formula is C22H15Br2ClN2O3. The fourth-order valence-electron chi connectivity index (χ4n) is 2.85. The second-order valence-electron chi connectivity index (χ2n) is 6.30. The standard InChI is InChI=1S/C22H15Br2ClN2O3/c1-2-29-19-10-16(23)20(24)15(21(19)28)11-26-14-6-3-12(4-7-14)22-27-17-9-13(25)5-8-18(17)30-22/h3-11,28H,2H2,1H3. The molecule has 152 valence electrons. The van der Waals surface area contributed by atoms with Crippen LogP contribution < -0.4 is 4.74 Å². The molecule has 4 aromatic rings. The van der Waals surface area contributed by atoms with Gasteiger partial charge in [-0.3, -0.25) is 4.99 Å². The average molecular weight is 551 g/mol. The summed E-state index contributed by atoms with van der Waals surface area (Å²) in [5.74, 6) is 0.925. The molecule has 0 fully saturated rings.